The molecule has 0 spiro atoms. The van der Waals surface area contributed by atoms with Crippen LogP contribution in [0.3, 0.4) is 0 Å². The average molecular weight is 176 g/mol. The number of carboxylic acid groups (broad SMARTS) is 1. The SMILES string of the molecule is CC(C)(OCC(=O)O)C(=O)CO. The van der Waals surface area contributed by atoms with Crippen molar-refractivity contribution in [2.24, 2.45) is 0 Å². The van der Waals surface area contributed by atoms with Gasteiger partial charge in [0.2, 0.25) is 0 Å². The van der Waals surface area contributed by atoms with Gasteiger partial charge in [0.05, 0.1) is 0 Å². The van der Waals surface area contributed by atoms with Crippen LogP contribution in [0.2, 0.25) is 0 Å². The summed E-state index contributed by atoms with van der Waals surface area (Å²) in [5.74, 6) is -1.68. The van der Waals surface area contributed by atoms with Gasteiger partial charge in [-0.2, -0.15) is 0 Å². The number of hydrogen-bond donors (Lipinski definition) is 2. The predicted octanol–water partition coefficient (Wildman–Crippen LogP) is -0.572. The summed E-state index contributed by atoms with van der Waals surface area (Å²) in [4.78, 5) is 20.9. The average Bonchev–Trinajstić information content (AvgIpc) is 1.99. The van der Waals surface area contributed by atoms with Gasteiger partial charge in [-0.1, -0.05) is 0 Å². The largest absolute Gasteiger partial charge is 0.480 e. The molecule has 0 fully saturated rings. The summed E-state index contributed by atoms with van der Waals surface area (Å²) in [6.45, 7) is 1.63. The summed E-state index contributed by atoms with van der Waals surface area (Å²) in [5.41, 5.74) is -1.23. The molecule has 0 aliphatic carbocycles. The molecule has 0 rings (SSSR count). The lowest BCUT2D eigenvalue weighted by molar-refractivity contribution is -0.155. The number of hydrogen-bond acceptors (Lipinski definition) is 4. The van der Waals surface area contributed by atoms with Crippen molar-refractivity contribution in [3.63, 3.8) is 0 Å². The first-order valence-electron chi connectivity index (χ1n) is 3.40. The Labute approximate surface area is 70.0 Å². The Kier molecular flexibility index (Phi) is 3.85. The zero-order valence-electron chi connectivity index (χ0n) is 7.03. The number of ketones is 1. The van der Waals surface area contributed by atoms with E-state index in [0.717, 1.165) is 0 Å². The van der Waals surface area contributed by atoms with Gasteiger partial charge in [-0.05, 0) is 13.8 Å². The van der Waals surface area contributed by atoms with E-state index >= 15 is 0 Å². The molecule has 0 aromatic rings. The van der Waals surface area contributed by atoms with E-state index < -0.39 is 30.6 Å². The van der Waals surface area contributed by atoms with Crippen molar-refractivity contribution in [2.75, 3.05) is 13.2 Å². The van der Waals surface area contributed by atoms with Crippen LogP contribution >= 0.6 is 0 Å². The van der Waals surface area contributed by atoms with Gasteiger partial charge in [0.1, 0.15) is 18.8 Å². The highest BCUT2D eigenvalue weighted by atomic mass is 16.5. The molecular weight excluding hydrogens is 164 g/mol. The van der Waals surface area contributed by atoms with Crippen LogP contribution in [-0.2, 0) is 14.3 Å². The number of aliphatic hydroxyl groups is 1. The van der Waals surface area contributed by atoms with Crippen molar-refractivity contribution in [1.82, 2.24) is 0 Å². The first-order valence-corrected chi connectivity index (χ1v) is 3.40. The van der Waals surface area contributed by atoms with Gasteiger partial charge in [-0.25, -0.2) is 4.79 Å². The van der Waals surface area contributed by atoms with Gasteiger partial charge in [0.15, 0.2) is 5.78 Å². The molecule has 0 aliphatic heterocycles. The van der Waals surface area contributed by atoms with E-state index in [1.165, 1.54) is 13.8 Å². The molecule has 0 aliphatic rings. The van der Waals surface area contributed by atoms with E-state index in [2.05, 4.69) is 0 Å². The third kappa shape index (κ3) is 3.45. The molecule has 0 bridgehead atoms. The van der Waals surface area contributed by atoms with Crippen LogP contribution in [0.1, 0.15) is 13.8 Å². The zero-order valence-corrected chi connectivity index (χ0v) is 7.03. The van der Waals surface area contributed by atoms with E-state index in [4.69, 9.17) is 14.9 Å². The van der Waals surface area contributed by atoms with Crippen molar-refractivity contribution in [2.45, 2.75) is 19.4 Å². The number of carbonyl (C=O) groups excluding carboxylic acids is 1. The monoisotopic (exact) mass is 176 g/mol. The Morgan fingerprint density at radius 1 is 1.42 bits per heavy atom. The van der Waals surface area contributed by atoms with Gasteiger partial charge in [0.25, 0.3) is 0 Å². The van der Waals surface area contributed by atoms with E-state index in [1.807, 2.05) is 0 Å². The maximum atomic E-state index is 10.9. The minimum absolute atomic E-state index is 0.538. The molecule has 0 atom stereocenters. The zero-order chi connectivity index (χ0) is 9.78. The van der Waals surface area contributed by atoms with Crippen LogP contribution in [0.15, 0.2) is 0 Å². The van der Waals surface area contributed by atoms with E-state index in [9.17, 15) is 9.59 Å². The Morgan fingerprint density at radius 3 is 2.25 bits per heavy atom. The summed E-state index contributed by atoms with van der Waals surface area (Å²) in [6, 6.07) is 0. The van der Waals surface area contributed by atoms with E-state index in [0.29, 0.717) is 0 Å². The summed E-state index contributed by atoms with van der Waals surface area (Å²) in [6.07, 6.45) is 0. The first kappa shape index (κ1) is 11.1. The van der Waals surface area contributed by atoms with Crippen LogP contribution in [0, 0.1) is 0 Å². The molecule has 70 valence electrons. The number of aliphatic hydroxyl groups excluding tert-OH is 1. The predicted molar refractivity (Wildman–Crippen MR) is 39.8 cm³/mol. The third-order valence-electron chi connectivity index (χ3n) is 1.37. The van der Waals surface area contributed by atoms with Gasteiger partial charge in [-0.3, -0.25) is 4.79 Å². The topological polar surface area (TPSA) is 83.8 Å². The van der Waals surface area contributed by atoms with Crippen LogP contribution in [-0.4, -0.2) is 40.8 Å². The van der Waals surface area contributed by atoms with Crippen LogP contribution in [0.4, 0.5) is 0 Å². The maximum Gasteiger partial charge on any atom is 0.329 e. The molecule has 5 heteroatoms. The number of carbonyl (C=O) groups is 2. The third-order valence-corrected chi connectivity index (χ3v) is 1.37. The fourth-order valence-electron chi connectivity index (χ4n) is 0.513. The maximum absolute atomic E-state index is 10.9. The van der Waals surface area contributed by atoms with E-state index in [-0.39, 0.29) is 0 Å². The Hall–Kier alpha value is -0.940. The summed E-state index contributed by atoms with van der Waals surface area (Å²) >= 11 is 0. The van der Waals surface area contributed by atoms with Gasteiger partial charge < -0.3 is 14.9 Å². The molecule has 2 N–H and O–H groups in total. The van der Waals surface area contributed by atoms with Crippen molar-refractivity contribution in [3.05, 3.63) is 0 Å². The fourth-order valence-corrected chi connectivity index (χ4v) is 0.513. The molecule has 0 aromatic carbocycles. The van der Waals surface area contributed by atoms with Crippen molar-refractivity contribution in [3.8, 4) is 0 Å². The van der Waals surface area contributed by atoms with Gasteiger partial charge >= 0.3 is 5.97 Å². The van der Waals surface area contributed by atoms with Crippen LogP contribution in [0.5, 0.6) is 0 Å². The van der Waals surface area contributed by atoms with Crippen molar-refractivity contribution < 1.29 is 24.5 Å². The molecule has 0 unspecified atom stereocenters. The number of rotatable bonds is 5. The smallest absolute Gasteiger partial charge is 0.329 e. The first-order chi connectivity index (χ1) is 5.40. The molecule has 0 aromatic heterocycles. The standard InChI is InChI=1S/C7H12O5/c1-7(2,5(9)3-8)12-4-6(10)11/h8H,3-4H2,1-2H3,(H,10,11). The Bertz CT molecular complexity index is 184. The highest BCUT2D eigenvalue weighted by Gasteiger charge is 2.28. The second-order valence-corrected chi connectivity index (χ2v) is 2.77. The lowest BCUT2D eigenvalue weighted by Crippen LogP contribution is -2.38. The minimum Gasteiger partial charge on any atom is -0.480 e. The summed E-state index contributed by atoms with van der Waals surface area (Å²) < 4.78 is 4.73. The van der Waals surface area contributed by atoms with Gasteiger partial charge in [-0.15, -0.1) is 0 Å². The summed E-state index contributed by atoms with van der Waals surface area (Å²) in [7, 11) is 0. The quantitative estimate of drug-likeness (QED) is 0.586. The Morgan fingerprint density at radius 2 is 1.92 bits per heavy atom. The minimum atomic E-state index is -1.23. The lowest BCUT2D eigenvalue weighted by atomic mass is 10.0. The number of Topliss-reactive ketones (excluding diaryl/α,β-unsaturated/α-hetero) is 1. The van der Waals surface area contributed by atoms with Crippen molar-refractivity contribution >= 4 is 11.8 Å². The normalized spacial score (nSPS) is 11.2. The van der Waals surface area contributed by atoms with Crippen molar-refractivity contribution in [1.29, 1.82) is 0 Å². The molecule has 0 saturated carbocycles. The highest BCUT2D eigenvalue weighted by Crippen LogP contribution is 2.09. The second kappa shape index (κ2) is 4.18. The number of aliphatic carboxylic acids is 1. The molecule has 0 heterocycles. The number of ether oxygens (including phenoxy) is 1. The van der Waals surface area contributed by atoms with Crippen LogP contribution < -0.4 is 0 Å². The summed E-state index contributed by atoms with van der Waals surface area (Å²) in [5, 5.41) is 16.7. The van der Waals surface area contributed by atoms with Crippen LogP contribution in [0.25, 0.3) is 0 Å². The molecule has 0 saturated heterocycles. The fraction of sp³-hybridized carbons (Fsp3) is 0.714. The molecule has 5 nitrogen and oxygen atoms in total. The number of carboxylic acids is 1. The second-order valence-electron chi connectivity index (χ2n) is 2.77. The molecule has 12 heavy (non-hydrogen) atoms. The molecule has 0 radical (unpaired) electrons. The lowest BCUT2D eigenvalue weighted by Gasteiger charge is -2.21. The molecular formula is C7H12O5. The highest BCUT2D eigenvalue weighted by molar-refractivity contribution is 5.87. The Balaban J connectivity index is 4.03. The van der Waals surface area contributed by atoms with E-state index in [1.54, 1.807) is 0 Å². The van der Waals surface area contributed by atoms with Gasteiger partial charge in [0, 0.05) is 0 Å². The molecule has 0 amide bonds.